The minimum atomic E-state index is 0.618. The zero-order chi connectivity index (χ0) is 20.2. The lowest BCUT2D eigenvalue weighted by molar-refractivity contribution is 0.984. The van der Waals surface area contributed by atoms with Gasteiger partial charge in [0.05, 0.1) is 29.5 Å². The van der Waals surface area contributed by atoms with Crippen molar-refractivity contribution in [2.45, 2.75) is 6.54 Å². The van der Waals surface area contributed by atoms with Crippen LogP contribution >= 0.6 is 0 Å². The third-order valence-corrected chi connectivity index (χ3v) is 6.11. The van der Waals surface area contributed by atoms with E-state index in [9.17, 15) is 0 Å². The van der Waals surface area contributed by atoms with Crippen LogP contribution in [0.25, 0.3) is 43.6 Å². The van der Waals surface area contributed by atoms with Gasteiger partial charge in [-0.15, -0.1) is 0 Å². The number of nitrogens with zero attached hydrogens (tertiary/aromatic N) is 4. The molecule has 0 fully saturated rings. The fraction of sp³-hybridized carbons (Fsp3) is 0.120. The van der Waals surface area contributed by atoms with Gasteiger partial charge >= 0.3 is 0 Å². The van der Waals surface area contributed by atoms with Crippen LogP contribution in [0.3, 0.4) is 0 Å². The van der Waals surface area contributed by atoms with Crippen molar-refractivity contribution in [3.05, 3.63) is 78.8 Å². The smallest absolute Gasteiger partial charge is 0.150 e. The summed E-state index contributed by atoms with van der Waals surface area (Å²) in [5, 5.41) is 8.47. The summed E-state index contributed by atoms with van der Waals surface area (Å²) in [6.45, 7) is 0.618. The van der Waals surface area contributed by atoms with Crippen LogP contribution in [-0.4, -0.2) is 19.1 Å². The molecule has 5 nitrogen and oxygen atoms in total. The fourth-order valence-electron chi connectivity index (χ4n) is 4.62. The number of hydrogen-bond acceptors (Lipinski definition) is 3. The Morgan fingerprint density at radius 1 is 0.733 bits per heavy atom. The second-order valence-corrected chi connectivity index (χ2v) is 7.75. The number of para-hydroxylation sites is 2. The summed E-state index contributed by atoms with van der Waals surface area (Å²) in [6, 6.07) is 21.2. The number of anilines is 1. The molecule has 0 amide bonds. The van der Waals surface area contributed by atoms with Gasteiger partial charge in [-0.3, -0.25) is 4.98 Å². The minimum absolute atomic E-state index is 0.618. The van der Waals surface area contributed by atoms with Crippen LogP contribution in [0.15, 0.2) is 73.1 Å². The highest BCUT2D eigenvalue weighted by molar-refractivity contribution is 6.11. The van der Waals surface area contributed by atoms with Crippen molar-refractivity contribution < 1.29 is 0 Å². The summed E-state index contributed by atoms with van der Waals surface area (Å²) in [5.74, 6) is 0.881. The normalized spacial score (nSPS) is 11.8. The van der Waals surface area contributed by atoms with E-state index in [0.29, 0.717) is 6.54 Å². The third-order valence-electron chi connectivity index (χ3n) is 6.11. The molecule has 0 unspecified atom stereocenters. The third kappa shape index (κ3) is 2.35. The molecule has 0 aliphatic heterocycles. The van der Waals surface area contributed by atoms with E-state index in [1.54, 1.807) is 0 Å². The summed E-state index contributed by atoms with van der Waals surface area (Å²) in [6.07, 6.45) is 3.84. The predicted octanol–water partition coefficient (Wildman–Crippen LogP) is 5.38. The largest absolute Gasteiger partial charge is 0.363 e. The zero-order valence-corrected chi connectivity index (χ0v) is 16.9. The van der Waals surface area contributed by atoms with E-state index < -0.39 is 0 Å². The lowest BCUT2D eigenvalue weighted by atomic mass is 10.1. The molecule has 30 heavy (non-hydrogen) atoms. The van der Waals surface area contributed by atoms with Gasteiger partial charge in [-0.25, -0.2) is 4.98 Å². The summed E-state index contributed by atoms with van der Waals surface area (Å²) >= 11 is 0. The lowest BCUT2D eigenvalue weighted by Crippen LogP contribution is -2.05. The average molecular weight is 391 g/mol. The maximum atomic E-state index is 4.71. The second kappa shape index (κ2) is 6.32. The second-order valence-electron chi connectivity index (χ2n) is 7.75. The summed E-state index contributed by atoms with van der Waals surface area (Å²) in [4.78, 5) is 9.34. The van der Waals surface area contributed by atoms with Gasteiger partial charge in [-0.2, -0.15) is 0 Å². The molecule has 0 bridgehead atoms. The molecule has 0 saturated heterocycles. The monoisotopic (exact) mass is 391 g/mol. The molecule has 0 saturated carbocycles. The van der Waals surface area contributed by atoms with E-state index in [-0.39, 0.29) is 0 Å². The van der Waals surface area contributed by atoms with E-state index >= 15 is 0 Å². The molecular weight excluding hydrogens is 370 g/mol. The summed E-state index contributed by atoms with van der Waals surface area (Å²) in [5.41, 5.74) is 5.69. The topological polar surface area (TPSA) is 47.7 Å². The van der Waals surface area contributed by atoms with Crippen molar-refractivity contribution in [2.75, 3.05) is 5.32 Å². The van der Waals surface area contributed by atoms with Gasteiger partial charge in [0.15, 0.2) is 5.82 Å². The molecule has 6 rings (SSSR count). The SMILES string of the molecule is Cn1c2ccccc2c2cc(CNc3nccc4c5ccccc5n(C)c34)ncc21. The highest BCUT2D eigenvalue weighted by atomic mass is 15.1. The van der Waals surface area contributed by atoms with Crippen molar-refractivity contribution in [1.82, 2.24) is 19.1 Å². The van der Waals surface area contributed by atoms with Crippen molar-refractivity contribution in [3.8, 4) is 0 Å². The first-order valence-electron chi connectivity index (χ1n) is 10.1. The van der Waals surface area contributed by atoms with Crippen LogP contribution in [0.2, 0.25) is 0 Å². The Labute approximate surface area is 173 Å². The molecule has 0 aliphatic carbocycles. The van der Waals surface area contributed by atoms with Crippen molar-refractivity contribution in [3.63, 3.8) is 0 Å². The number of nitrogens with one attached hydrogen (secondary N) is 1. The molecule has 1 N–H and O–H groups in total. The van der Waals surface area contributed by atoms with Crippen LogP contribution in [0.1, 0.15) is 5.69 Å². The molecule has 4 aromatic heterocycles. The van der Waals surface area contributed by atoms with E-state index in [2.05, 4.69) is 94.2 Å². The first-order valence-corrected chi connectivity index (χ1v) is 10.1. The molecule has 0 atom stereocenters. The average Bonchev–Trinajstić information content (AvgIpc) is 3.25. The van der Waals surface area contributed by atoms with Crippen molar-refractivity contribution >= 4 is 49.4 Å². The highest BCUT2D eigenvalue weighted by Crippen LogP contribution is 2.32. The zero-order valence-electron chi connectivity index (χ0n) is 16.9. The molecule has 0 radical (unpaired) electrons. The minimum Gasteiger partial charge on any atom is -0.363 e. The number of benzene rings is 2. The van der Waals surface area contributed by atoms with Gasteiger partial charge < -0.3 is 14.5 Å². The van der Waals surface area contributed by atoms with E-state index in [1.807, 2.05) is 12.4 Å². The molecular formula is C25H21N5. The molecule has 4 heterocycles. The fourth-order valence-corrected chi connectivity index (χ4v) is 4.62. The van der Waals surface area contributed by atoms with Crippen LogP contribution in [0.5, 0.6) is 0 Å². The van der Waals surface area contributed by atoms with Crippen LogP contribution in [-0.2, 0) is 20.6 Å². The first kappa shape index (κ1) is 17.0. The molecule has 6 aromatic rings. The highest BCUT2D eigenvalue weighted by Gasteiger charge is 2.13. The first-order chi connectivity index (χ1) is 14.7. The van der Waals surface area contributed by atoms with Gasteiger partial charge in [0.2, 0.25) is 0 Å². The number of hydrogen-bond donors (Lipinski definition) is 1. The summed E-state index contributed by atoms with van der Waals surface area (Å²) in [7, 11) is 4.19. The van der Waals surface area contributed by atoms with E-state index in [1.165, 1.54) is 32.6 Å². The van der Waals surface area contributed by atoms with Gasteiger partial charge in [-0.05, 0) is 24.3 Å². The number of rotatable bonds is 3. The van der Waals surface area contributed by atoms with E-state index in [4.69, 9.17) is 4.98 Å². The van der Waals surface area contributed by atoms with Crippen molar-refractivity contribution in [2.24, 2.45) is 14.1 Å². The molecule has 0 aliphatic rings. The van der Waals surface area contributed by atoms with Gasteiger partial charge in [-0.1, -0.05) is 36.4 Å². The van der Waals surface area contributed by atoms with Crippen LogP contribution < -0.4 is 5.32 Å². The van der Waals surface area contributed by atoms with Gasteiger partial charge in [0.1, 0.15) is 0 Å². The number of aryl methyl sites for hydroxylation is 2. The Kier molecular flexibility index (Phi) is 3.59. The Bertz CT molecular complexity index is 1570. The molecule has 146 valence electrons. The number of aromatic nitrogens is 4. The Morgan fingerprint density at radius 3 is 2.23 bits per heavy atom. The Morgan fingerprint density at radius 2 is 1.43 bits per heavy atom. The predicted molar refractivity (Wildman–Crippen MR) is 124 cm³/mol. The van der Waals surface area contributed by atoms with Crippen molar-refractivity contribution in [1.29, 1.82) is 0 Å². The number of pyridine rings is 2. The van der Waals surface area contributed by atoms with E-state index in [0.717, 1.165) is 22.5 Å². The molecule has 0 spiro atoms. The number of fused-ring (bicyclic) bond motifs is 6. The maximum absolute atomic E-state index is 4.71. The standard InChI is InChI=1S/C25H21N5/c1-29-21-9-5-4-8-18(21)20-13-16(27-15-23(20)29)14-28-25-24-19(11-12-26-25)17-7-3-6-10-22(17)30(24)2/h3-13,15H,14H2,1-2H3,(H,26,28). The molecule has 2 aromatic carbocycles. The Balaban J connectivity index is 1.42. The summed E-state index contributed by atoms with van der Waals surface area (Å²) < 4.78 is 4.41. The maximum Gasteiger partial charge on any atom is 0.150 e. The van der Waals surface area contributed by atoms with Crippen LogP contribution in [0, 0.1) is 0 Å². The lowest BCUT2D eigenvalue weighted by Gasteiger charge is -2.09. The quantitative estimate of drug-likeness (QED) is 0.441. The van der Waals surface area contributed by atoms with Gasteiger partial charge in [0, 0.05) is 52.9 Å². The van der Waals surface area contributed by atoms with Crippen LogP contribution in [0.4, 0.5) is 5.82 Å². The van der Waals surface area contributed by atoms with Gasteiger partial charge in [0.25, 0.3) is 0 Å². The Hall–Kier alpha value is -3.86. The molecule has 5 heteroatoms.